The highest BCUT2D eigenvalue weighted by molar-refractivity contribution is 5.11. The molecule has 0 saturated carbocycles. The summed E-state index contributed by atoms with van der Waals surface area (Å²) in [7, 11) is 0. The molecular weight excluding hydrogens is 126 g/mol. The van der Waals surface area contributed by atoms with Crippen LogP contribution in [0.2, 0.25) is 0 Å². The molecule has 0 atom stereocenters. The second kappa shape index (κ2) is 2.02. The lowest BCUT2D eigenvalue weighted by Crippen LogP contribution is -2.22. The van der Waals surface area contributed by atoms with Crippen molar-refractivity contribution in [1.29, 1.82) is 0 Å². The first-order chi connectivity index (χ1) is 4.97. The van der Waals surface area contributed by atoms with E-state index in [0.29, 0.717) is 0 Å². The van der Waals surface area contributed by atoms with E-state index in [1.54, 1.807) is 12.4 Å². The van der Waals surface area contributed by atoms with Gasteiger partial charge in [0.1, 0.15) is 12.4 Å². The Morgan fingerprint density at radius 1 is 1.00 bits per heavy atom. The van der Waals surface area contributed by atoms with E-state index in [1.807, 2.05) is 28.9 Å². The van der Waals surface area contributed by atoms with Crippen LogP contribution < -0.4 is 4.40 Å². The average Bonchev–Trinajstić information content (AvgIpc) is 2.05. The molecular formula is C7H6N3+. The van der Waals surface area contributed by atoms with Crippen LogP contribution in [0.5, 0.6) is 0 Å². The van der Waals surface area contributed by atoms with E-state index in [1.165, 1.54) is 0 Å². The van der Waals surface area contributed by atoms with Crippen LogP contribution in [0.4, 0.5) is 0 Å². The number of nitrogens with zero attached hydrogens (tertiary/aromatic N) is 3. The van der Waals surface area contributed by atoms with Gasteiger partial charge in [-0.2, -0.15) is 0 Å². The van der Waals surface area contributed by atoms with E-state index in [-0.39, 0.29) is 0 Å². The molecule has 0 amide bonds. The van der Waals surface area contributed by atoms with Gasteiger partial charge in [-0.25, -0.2) is 4.40 Å². The summed E-state index contributed by atoms with van der Waals surface area (Å²) >= 11 is 0. The van der Waals surface area contributed by atoms with Crippen LogP contribution in [0.25, 0.3) is 5.78 Å². The van der Waals surface area contributed by atoms with Gasteiger partial charge in [-0.1, -0.05) is 9.97 Å². The Morgan fingerprint density at radius 2 is 1.60 bits per heavy atom. The molecule has 2 rings (SSSR count). The van der Waals surface area contributed by atoms with Crippen molar-refractivity contribution in [1.82, 2.24) is 9.97 Å². The van der Waals surface area contributed by atoms with Gasteiger partial charge in [-0.3, -0.25) is 0 Å². The predicted octanol–water partition coefficient (Wildman–Crippen LogP) is 0.215. The topological polar surface area (TPSA) is 29.9 Å². The first-order valence-corrected chi connectivity index (χ1v) is 3.04. The molecule has 0 bridgehead atoms. The number of hydrogen-bond acceptors (Lipinski definition) is 2. The number of hydrogen-bond donors (Lipinski definition) is 0. The Hall–Kier alpha value is -1.51. The maximum absolute atomic E-state index is 4.03. The molecule has 0 N–H and O–H groups in total. The van der Waals surface area contributed by atoms with Crippen LogP contribution in [0, 0.1) is 0 Å². The molecule has 0 aliphatic rings. The SMILES string of the molecule is c1cnc2nccc[n+]2c1. The number of rotatable bonds is 0. The Bertz CT molecular complexity index is 280. The van der Waals surface area contributed by atoms with Crippen LogP contribution in [0.15, 0.2) is 36.9 Å². The van der Waals surface area contributed by atoms with Crippen molar-refractivity contribution < 1.29 is 4.40 Å². The fourth-order valence-electron chi connectivity index (χ4n) is 0.832. The lowest BCUT2D eigenvalue weighted by Gasteiger charge is -1.84. The van der Waals surface area contributed by atoms with Gasteiger partial charge in [0.2, 0.25) is 0 Å². The smallest absolute Gasteiger partial charge is 0.206 e. The van der Waals surface area contributed by atoms with Gasteiger partial charge < -0.3 is 0 Å². The van der Waals surface area contributed by atoms with Crippen LogP contribution >= 0.6 is 0 Å². The fraction of sp³-hybridized carbons (Fsp3) is 0. The molecule has 2 aromatic heterocycles. The number of aromatic nitrogens is 3. The normalized spacial score (nSPS) is 10.0. The van der Waals surface area contributed by atoms with Gasteiger partial charge in [0.05, 0.1) is 12.4 Å². The molecule has 0 saturated heterocycles. The summed E-state index contributed by atoms with van der Waals surface area (Å²) in [5.74, 6) is 0.727. The molecule has 0 spiro atoms. The second-order valence-corrected chi connectivity index (χ2v) is 1.95. The van der Waals surface area contributed by atoms with Crippen molar-refractivity contribution in [2.45, 2.75) is 0 Å². The van der Waals surface area contributed by atoms with Crippen LogP contribution in [0.3, 0.4) is 0 Å². The van der Waals surface area contributed by atoms with Gasteiger partial charge in [0.15, 0.2) is 0 Å². The van der Waals surface area contributed by atoms with E-state index in [9.17, 15) is 0 Å². The van der Waals surface area contributed by atoms with E-state index in [2.05, 4.69) is 9.97 Å². The van der Waals surface area contributed by atoms with Gasteiger partial charge in [-0.05, 0) is 0 Å². The van der Waals surface area contributed by atoms with Crippen molar-refractivity contribution in [2.24, 2.45) is 0 Å². The summed E-state index contributed by atoms with van der Waals surface area (Å²) in [6.07, 6.45) is 7.27. The fourth-order valence-corrected chi connectivity index (χ4v) is 0.832. The molecule has 2 aromatic rings. The zero-order valence-electron chi connectivity index (χ0n) is 5.31. The summed E-state index contributed by atoms with van der Waals surface area (Å²) in [5, 5.41) is 0. The van der Waals surface area contributed by atoms with Crippen molar-refractivity contribution in [3.63, 3.8) is 0 Å². The van der Waals surface area contributed by atoms with Crippen LogP contribution in [-0.2, 0) is 0 Å². The highest BCUT2D eigenvalue weighted by atomic mass is 15.0. The molecule has 3 nitrogen and oxygen atoms in total. The predicted molar refractivity (Wildman–Crippen MR) is 35.2 cm³/mol. The van der Waals surface area contributed by atoms with Crippen molar-refractivity contribution in [3.05, 3.63) is 36.9 Å². The highest BCUT2D eigenvalue weighted by Gasteiger charge is 1.97. The first-order valence-electron chi connectivity index (χ1n) is 3.04. The van der Waals surface area contributed by atoms with Crippen molar-refractivity contribution in [3.8, 4) is 0 Å². The second-order valence-electron chi connectivity index (χ2n) is 1.95. The molecule has 0 unspecified atom stereocenters. The Kier molecular flexibility index (Phi) is 1.07. The summed E-state index contributed by atoms with van der Waals surface area (Å²) < 4.78 is 1.86. The summed E-state index contributed by atoms with van der Waals surface area (Å²) in [5.41, 5.74) is 0. The largest absolute Gasteiger partial charge is 0.437 e. The first kappa shape index (κ1) is 5.29. The van der Waals surface area contributed by atoms with Gasteiger partial charge in [0, 0.05) is 12.1 Å². The molecule has 0 aliphatic carbocycles. The molecule has 0 aromatic carbocycles. The number of fused-ring (bicyclic) bond motifs is 1. The quantitative estimate of drug-likeness (QED) is 0.480. The maximum atomic E-state index is 4.03. The van der Waals surface area contributed by atoms with Crippen molar-refractivity contribution >= 4 is 5.78 Å². The lowest BCUT2D eigenvalue weighted by molar-refractivity contribution is -0.517. The molecule has 48 valence electrons. The average molecular weight is 132 g/mol. The van der Waals surface area contributed by atoms with Gasteiger partial charge in [0.25, 0.3) is 0 Å². The monoisotopic (exact) mass is 132 g/mol. The Balaban J connectivity index is 2.89. The molecule has 0 radical (unpaired) electrons. The third-order valence-electron chi connectivity index (χ3n) is 1.28. The van der Waals surface area contributed by atoms with E-state index >= 15 is 0 Å². The summed E-state index contributed by atoms with van der Waals surface area (Å²) in [6, 6.07) is 3.74. The maximum Gasteiger partial charge on any atom is 0.437 e. The lowest BCUT2D eigenvalue weighted by atomic mass is 10.6. The minimum Gasteiger partial charge on any atom is -0.206 e. The third-order valence-corrected chi connectivity index (χ3v) is 1.28. The summed E-state index contributed by atoms with van der Waals surface area (Å²) in [4.78, 5) is 8.07. The minimum absolute atomic E-state index is 0.727. The molecule has 10 heavy (non-hydrogen) atoms. The minimum atomic E-state index is 0.727. The third kappa shape index (κ3) is 0.719. The zero-order valence-corrected chi connectivity index (χ0v) is 5.31. The molecule has 0 aliphatic heterocycles. The Labute approximate surface area is 58.0 Å². The molecule has 2 heterocycles. The summed E-state index contributed by atoms with van der Waals surface area (Å²) in [6.45, 7) is 0. The molecule has 3 heteroatoms. The van der Waals surface area contributed by atoms with Crippen LogP contribution in [-0.4, -0.2) is 9.97 Å². The standard InChI is InChI=1S/C7H6N3/c1-3-8-7-9-4-2-6-10(7)5-1/h1-6H/q+1. The Morgan fingerprint density at radius 3 is 2.10 bits per heavy atom. The van der Waals surface area contributed by atoms with Gasteiger partial charge >= 0.3 is 5.78 Å². The van der Waals surface area contributed by atoms with E-state index in [4.69, 9.17) is 0 Å². The zero-order chi connectivity index (χ0) is 6.81. The van der Waals surface area contributed by atoms with Gasteiger partial charge in [-0.15, -0.1) is 0 Å². The highest BCUT2D eigenvalue weighted by Crippen LogP contribution is 1.81. The van der Waals surface area contributed by atoms with E-state index < -0.39 is 0 Å². The van der Waals surface area contributed by atoms with E-state index in [0.717, 1.165) is 5.78 Å². The molecule has 0 fully saturated rings. The van der Waals surface area contributed by atoms with Crippen molar-refractivity contribution in [2.75, 3.05) is 0 Å². The van der Waals surface area contributed by atoms with Crippen LogP contribution in [0.1, 0.15) is 0 Å².